The SMILES string of the molecule is CC(=O)O/N=C(\CCSc1ccc(Cl)cc1)C(=O)c1ccc(Sc2ccc(C(=O)c3c(C)cc(C)cc3C)cc2)cc1. The summed E-state index contributed by atoms with van der Waals surface area (Å²) in [5.41, 5.74) is 5.12. The molecule has 0 aromatic heterocycles. The first-order valence-electron chi connectivity index (χ1n) is 13.3. The summed E-state index contributed by atoms with van der Waals surface area (Å²) in [5, 5.41) is 4.50. The van der Waals surface area contributed by atoms with Crippen LogP contribution in [0.2, 0.25) is 5.02 Å². The lowest BCUT2D eigenvalue weighted by atomic mass is 9.93. The van der Waals surface area contributed by atoms with Crippen molar-refractivity contribution in [1.29, 1.82) is 0 Å². The van der Waals surface area contributed by atoms with E-state index in [0.717, 1.165) is 36.9 Å². The fraction of sp³-hybridized carbons (Fsp3) is 0.176. The Kier molecular flexibility index (Phi) is 10.8. The van der Waals surface area contributed by atoms with E-state index in [0.29, 0.717) is 28.3 Å². The van der Waals surface area contributed by atoms with Gasteiger partial charge in [-0.05, 0) is 105 Å². The number of halogens is 1. The van der Waals surface area contributed by atoms with Gasteiger partial charge < -0.3 is 4.84 Å². The number of Topliss-reactive ketones (excluding diaryl/α,β-unsaturated/α-hetero) is 1. The number of nitrogens with zero attached hydrogens (tertiary/aromatic N) is 1. The maximum absolute atomic E-state index is 13.2. The zero-order chi connectivity index (χ0) is 30.2. The van der Waals surface area contributed by atoms with E-state index in [1.54, 1.807) is 23.9 Å². The van der Waals surface area contributed by atoms with Crippen molar-refractivity contribution >= 4 is 58.4 Å². The van der Waals surface area contributed by atoms with Crippen molar-refractivity contribution in [3.63, 3.8) is 0 Å². The molecule has 4 rings (SSSR count). The molecule has 0 aliphatic rings. The van der Waals surface area contributed by atoms with Crippen LogP contribution >= 0.6 is 35.1 Å². The van der Waals surface area contributed by atoms with Gasteiger partial charge in [-0.1, -0.05) is 46.2 Å². The highest BCUT2D eigenvalue weighted by molar-refractivity contribution is 7.99. The summed E-state index contributed by atoms with van der Waals surface area (Å²) in [4.78, 5) is 45.5. The number of hydrogen-bond donors (Lipinski definition) is 0. The number of ketones is 2. The van der Waals surface area contributed by atoms with Crippen LogP contribution in [0.1, 0.15) is 56.3 Å². The smallest absolute Gasteiger partial charge is 0.318 e. The van der Waals surface area contributed by atoms with Crippen LogP contribution < -0.4 is 0 Å². The molecule has 5 nitrogen and oxygen atoms in total. The number of oxime groups is 1. The third-order valence-electron chi connectivity index (χ3n) is 6.34. The lowest BCUT2D eigenvalue weighted by molar-refractivity contribution is -0.140. The zero-order valence-corrected chi connectivity index (χ0v) is 26.2. The maximum atomic E-state index is 13.2. The number of carbonyl (C=O) groups excluding carboxylic acids is 3. The van der Waals surface area contributed by atoms with E-state index in [1.807, 2.05) is 93.6 Å². The predicted molar refractivity (Wildman–Crippen MR) is 171 cm³/mol. The summed E-state index contributed by atoms with van der Waals surface area (Å²) in [7, 11) is 0. The number of hydrogen-bond acceptors (Lipinski definition) is 7. The highest BCUT2D eigenvalue weighted by atomic mass is 35.5. The molecule has 4 aromatic carbocycles. The quantitative estimate of drug-likeness (QED) is 0.0551. The van der Waals surface area contributed by atoms with E-state index in [-0.39, 0.29) is 17.3 Å². The third-order valence-corrected chi connectivity index (χ3v) is 8.62. The topological polar surface area (TPSA) is 72.8 Å². The summed E-state index contributed by atoms with van der Waals surface area (Å²) in [5.74, 6) is -0.298. The maximum Gasteiger partial charge on any atom is 0.331 e. The summed E-state index contributed by atoms with van der Waals surface area (Å²) in [6.07, 6.45) is 0.322. The fourth-order valence-electron chi connectivity index (χ4n) is 4.45. The van der Waals surface area contributed by atoms with Crippen LogP contribution in [0, 0.1) is 20.8 Å². The average Bonchev–Trinajstić information content (AvgIpc) is 2.95. The lowest BCUT2D eigenvalue weighted by Gasteiger charge is -2.11. The molecular formula is C34H30ClNO4S2. The van der Waals surface area contributed by atoms with Gasteiger partial charge in [0.25, 0.3) is 0 Å². The molecule has 0 N–H and O–H groups in total. The second-order valence-corrected chi connectivity index (χ2v) is 12.5. The zero-order valence-electron chi connectivity index (χ0n) is 23.8. The monoisotopic (exact) mass is 615 g/mol. The van der Waals surface area contributed by atoms with E-state index >= 15 is 0 Å². The van der Waals surface area contributed by atoms with Crippen molar-refractivity contribution in [3.8, 4) is 0 Å². The minimum atomic E-state index is -0.589. The molecule has 8 heteroatoms. The summed E-state index contributed by atoms with van der Waals surface area (Å²) < 4.78 is 0. The Hall–Kier alpha value is -3.65. The van der Waals surface area contributed by atoms with Gasteiger partial charge >= 0.3 is 5.97 Å². The average molecular weight is 616 g/mol. The number of rotatable bonds is 11. The van der Waals surface area contributed by atoms with Crippen molar-refractivity contribution in [2.45, 2.75) is 48.8 Å². The largest absolute Gasteiger partial charge is 0.331 e. The van der Waals surface area contributed by atoms with Crippen LogP contribution in [0.15, 0.2) is 105 Å². The summed E-state index contributed by atoms with van der Waals surface area (Å²) >= 11 is 9.04. The van der Waals surface area contributed by atoms with Crippen molar-refractivity contribution in [2.24, 2.45) is 5.16 Å². The van der Waals surface area contributed by atoms with Gasteiger partial charge in [-0.3, -0.25) is 9.59 Å². The first-order valence-corrected chi connectivity index (χ1v) is 15.5. The van der Waals surface area contributed by atoms with Gasteiger partial charge in [-0.25, -0.2) is 4.79 Å². The van der Waals surface area contributed by atoms with Gasteiger partial charge in [0.1, 0.15) is 5.71 Å². The molecule has 0 saturated carbocycles. The van der Waals surface area contributed by atoms with E-state index in [1.165, 1.54) is 18.7 Å². The third kappa shape index (κ3) is 8.44. The standard InChI is InChI=1S/C34H30ClNO4S2/c1-21-19-22(2)32(23(3)20-21)34(39)26-7-13-30(14-8-26)42-29-11-5-25(6-12-29)33(38)31(36-40-24(4)37)17-18-41-28-15-9-27(35)10-16-28/h5-16,19-20H,17-18H2,1-4H3/b36-31+. The molecule has 0 atom stereocenters. The molecule has 0 spiro atoms. The number of aryl methyl sites for hydroxylation is 3. The second-order valence-electron chi connectivity index (χ2n) is 9.76. The van der Waals surface area contributed by atoms with Gasteiger partial charge in [0.05, 0.1) is 0 Å². The number of thioether (sulfide) groups is 1. The number of carbonyl (C=O) groups is 3. The Bertz CT molecular complexity index is 1610. The van der Waals surface area contributed by atoms with Gasteiger partial charge in [0.2, 0.25) is 5.78 Å². The van der Waals surface area contributed by atoms with Crippen LogP contribution in [-0.4, -0.2) is 29.0 Å². The Morgan fingerprint density at radius 3 is 1.83 bits per heavy atom. The van der Waals surface area contributed by atoms with Crippen molar-refractivity contribution < 1.29 is 19.2 Å². The molecule has 0 saturated heterocycles. The molecular weight excluding hydrogens is 586 g/mol. The van der Waals surface area contributed by atoms with E-state index in [9.17, 15) is 14.4 Å². The second kappa shape index (κ2) is 14.5. The van der Waals surface area contributed by atoms with Crippen LogP contribution in [0.4, 0.5) is 0 Å². The summed E-state index contributed by atoms with van der Waals surface area (Å²) in [6, 6.07) is 26.3. The number of benzene rings is 4. The molecule has 4 aromatic rings. The van der Waals surface area contributed by atoms with Crippen LogP contribution in [-0.2, 0) is 9.63 Å². The normalized spacial score (nSPS) is 11.3. The molecule has 0 bridgehead atoms. The van der Waals surface area contributed by atoms with E-state index < -0.39 is 5.97 Å². The van der Waals surface area contributed by atoms with Gasteiger partial charge in [0, 0.05) is 55.5 Å². The Morgan fingerprint density at radius 2 is 1.29 bits per heavy atom. The van der Waals surface area contributed by atoms with Crippen molar-refractivity contribution in [1.82, 2.24) is 0 Å². The highest BCUT2D eigenvalue weighted by Crippen LogP contribution is 2.29. The molecule has 0 aliphatic carbocycles. The molecule has 0 radical (unpaired) electrons. The molecule has 0 amide bonds. The fourth-order valence-corrected chi connectivity index (χ4v) is 6.25. The van der Waals surface area contributed by atoms with Crippen LogP contribution in [0.25, 0.3) is 0 Å². The first kappa shape index (κ1) is 31.3. The minimum Gasteiger partial charge on any atom is -0.318 e. The molecule has 0 heterocycles. The van der Waals surface area contributed by atoms with Gasteiger partial charge in [-0.15, -0.1) is 11.8 Å². The molecule has 0 fully saturated rings. The highest BCUT2D eigenvalue weighted by Gasteiger charge is 2.17. The molecule has 0 aliphatic heterocycles. The molecule has 0 unspecified atom stereocenters. The minimum absolute atomic E-state index is 0.0159. The van der Waals surface area contributed by atoms with Crippen molar-refractivity contribution in [3.05, 3.63) is 123 Å². The Labute approximate surface area is 259 Å². The summed E-state index contributed by atoms with van der Waals surface area (Å²) in [6.45, 7) is 7.21. The van der Waals surface area contributed by atoms with Gasteiger partial charge in [-0.2, -0.15) is 0 Å². The molecule has 42 heavy (non-hydrogen) atoms. The van der Waals surface area contributed by atoms with Gasteiger partial charge in [0.15, 0.2) is 5.78 Å². The Morgan fingerprint density at radius 1 is 0.762 bits per heavy atom. The first-order chi connectivity index (χ1) is 20.1. The van der Waals surface area contributed by atoms with Crippen LogP contribution in [0.5, 0.6) is 0 Å². The van der Waals surface area contributed by atoms with Crippen LogP contribution in [0.3, 0.4) is 0 Å². The lowest BCUT2D eigenvalue weighted by Crippen LogP contribution is -2.16. The van der Waals surface area contributed by atoms with Crippen molar-refractivity contribution in [2.75, 3.05) is 5.75 Å². The molecule has 214 valence electrons. The van der Waals surface area contributed by atoms with E-state index in [4.69, 9.17) is 16.4 Å². The Balaban J connectivity index is 1.41. The predicted octanol–water partition coefficient (Wildman–Crippen LogP) is 8.93. The van der Waals surface area contributed by atoms with E-state index in [2.05, 4.69) is 5.16 Å².